The van der Waals surface area contributed by atoms with Crippen molar-refractivity contribution in [1.82, 2.24) is 0 Å². The third-order valence-corrected chi connectivity index (χ3v) is 16.9. The summed E-state index contributed by atoms with van der Waals surface area (Å²) >= 11 is 6.37. The molecule has 2 heterocycles. The second-order valence-electron chi connectivity index (χ2n) is 18.6. The van der Waals surface area contributed by atoms with Gasteiger partial charge in [0.1, 0.15) is 5.60 Å². The van der Waals surface area contributed by atoms with E-state index in [0.717, 1.165) is 54.0 Å². The van der Waals surface area contributed by atoms with Gasteiger partial charge in [0, 0.05) is 53.8 Å². The molecular formula is C48H60ClN3O6Si. The Labute approximate surface area is 356 Å². The zero-order valence-corrected chi connectivity index (χ0v) is 37.6. The predicted molar refractivity (Wildman–Crippen MR) is 241 cm³/mol. The summed E-state index contributed by atoms with van der Waals surface area (Å²) in [6.07, 6.45) is 2.73. The molecule has 6 rings (SSSR count). The molecule has 0 aromatic heterocycles. The van der Waals surface area contributed by atoms with Crippen molar-refractivity contribution < 1.29 is 28.7 Å². The van der Waals surface area contributed by atoms with Gasteiger partial charge >= 0.3 is 11.9 Å². The fraction of sp³-hybridized carbons (Fsp3) is 0.438. The Hall–Kier alpha value is -4.64. The standard InChI is InChI=1S/C48H60ClN3O6Si/c1-47(2,3)57-46(56)35-11-18-39(19-12-35)51-27-23-33(24-28-51)43(58-59(7,8)48(4,5)6)42-31-36(13-22-41(42)32-9-14-37(49)15-10-32)44(53)50-38-16-20-40(21-17-38)52-29-25-34(26-30-52)45(54)55/h9-22,31,33-34,43H,23-30H2,1-8H3,(H,50,53)(H,54,55)/t43-/m0/s1. The van der Waals surface area contributed by atoms with Crippen LogP contribution in [0.25, 0.3) is 11.1 Å². The first-order valence-corrected chi connectivity index (χ1v) is 24.1. The van der Waals surface area contributed by atoms with Crippen molar-refractivity contribution in [2.24, 2.45) is 11.8 Å². The second-order valence-corrected chi connectivity index (χ2v) is 23.8. The maximum absolute atomic E-state index is 14.1. The van der Waals surface area contributed by atoms with Crippen LogP contribution in [0.15, 0.2) is 91.0 Å². The number of carbonyl (C=O) groups is 3. The number of halogens is 1. The molecule has 0 aliphatic carbocycles. The molecule has 2 fully saturated rings. The Kier molecular flexibility index (Phi) is 13.3. The van der Waals surface area contributed by atoms with E-state index in [1.807, 2.05) is 112 Å². The Morgan fingerprint density at radius 3 is 1.80 bits per heavy atom. The van der Waals surface area contributed by atoms with Crippen LogP contribution < -0.4 is 15.1 Å². The molecule has 59 heavy (non-hydrogen) atoms. The number of amides is 1. The van der Waals surface area contributed by atoms with Crippen LogP contribution >= 0.6 is 11.6 Å². The summed E-state index contributed by atoms with van der Waals surface area (Å²) in [5.41, 5.74) is 6.28. The van der Waals surface area contributed by atoms with Gasteiger partial charge < -0.3 is 29.4 Å². The van der Waals surface area contributed by atoms with Crippen LogP contribution in [0.2, 0.25) is 23.2 Å². The topological polar surface area (TPSA) is 108 Å². The average molecular weight is 839 g/mol. The summed E-state index contributed by atoms with van der Waals surface area (Å²) in [5, 5.41) is 13.1. The van der Waals surface area contributed by atoms with Gasteiger partial charge in [0.2, 0.25) is 0 Å². The minimum absolute atomic E-state index is 0.0460. The number of hydrogen-bond acceptors (Lipinski definition) is 7. The molecule has 4 aromatic rings. The van der Waals surface area contributed by atoms with Crippen molar-refractivity contribution in [3.8, 4) is 11.1 Å². The first kappa shape index (κ1) is 43.9. The maximum atomic E-state index is 14.1. The van der Waals surface area contributed by atoms with E-state index in [9.17, 15) is 19.5 Å². The molecule has 0 saturated carbocycles. The van der Waals surface area contributed by atoms with Crippen molar-refractivity contribution in [2.75, 3.05) is 41.3 Å². The van der Waals surface area contributed by atoms with Crippen molar-refractivity contribution in [3.05, 3.63) is 113 Å². The number of carboxylic acid groups (broad SMARTS) is 1. The number of carboxylic acids is 1. The molecule has 0 radical (unpaired) electrons. The lowest BCUT2D eigenvalue weighted by molar-refractivity contribution is -0.142. The molecule has 0 unspecified atom stereocenters. The first-order chi connectivity index (χ1) is 27.8. The predicted octanol–water partition coefficient (Wildman–Crippen LogP) is 11.5. The van der Waals surface area contributed by atoms with E-state index in [1.165, 1.54) is 0 Å². The second kappa shape index (κ2) is 17.9. The lowest BCUT2D eigenvalue weighted by Crippen LogP contribution is -2.45. The lowest BCUT2D eigenvalue weighted by Gasteiger charge is -2.44. The third kappa shape index (κ3) is 11.0. The molecule has 2 saturated heterocycles. The van der Waals surface area contributed by atoms with Gasteiger partial charge in [-0.2, -0.15) is 0 Å². The van der Waals surface area contributed by atoms with Crippen LogP contribution in [0, 0.1) is 11.8 Å². The monoisotopic (exact) mass is 837 g/mol. The summed E-state index contributed by atoms with van der Waals surface area (Å²) in [4.78, 5) is 42.7. The highest BCUT2D eigenvalue weighted by Gasteiger charge is 2.42. The number of nitrogens with zero attached hydrogens (tertiary/aromatic N) is 2. The van der Waals surface area contributed by atoms with Gasteiger partial charge in [-0.15, -0.1) is 0 Å². The molecule has 314 valence electrons. The van der Waals surface area contributed by atoms with Gasteiger partial charge in [-0.1, -0.05) is 50.6 Å². The molecule has 9 nitrogen and oxygen atoms in total. The summed E-state index contributed by atoms with van der Waals surface area (Å²) in [6, 6.07) is 29.3. The minimum atomic E-state index is -2.33. The number of anilines is 3. The molecule has 2 N–H and O–H groups in total. The van der Waals surface area contributed by atoms with Gasteiger partial charge in [-0.25, -0.2) is 4.79 Å². The van der Waals surface area contributed by atoms with Gasteiger partial charge in [-0.3, -0.25) is 9.59 Å². The SMILES string of the molecule is CC(C)(C)OC(=O)c1ccc(N2CCC([C@H](O[Si](C)(C)C(C)(C)C)c3cc(C(=O)Nc4ccc(N5CCC(C(=O)O)CC5)cc4)ccc3-c3ccc(Cl)cc3)CC2)cc1. The Morgan fingerprint density at radius 2 is 1.27 bits per heavy atom. The van der Waals surface area contributed by atoms with Crippen molar-refractivity contribution in [3.63, 3.8) is 0 Å². The van der Waals surface area contributed by atoms with Crippen LogP contribution in [-0.4, -0.2) is 63.0 Å². The summed E-state index contributed by atoms with van der Waals surface area (Å²) < 4.78 is 13.0. The minimum Gasteiger partial charge on any atom is -0.481 e. The maximum Gasteiger partial charge on any atom is 0.338 e. The molecule has 2 aliphatic rings. The van der Waals surface area contributed by atoms with E-state index < -0.39 is 19.9 Å². The highest BCUT2D eigenvalue weighted by atomic mass is 35.5. The van der Waals surface area contributed by atoms with E-state index >= 15 is 0 Å². The van der Waals surface area contributed by atoms with Crippen molar-refractivity contribution in [1.29, 1.82) is 0 Å². The number of carbonyl (C=O) groups excluding carboxylic acids is 2. The van der Waals surface area contributed by atoms with Gasteiger partial charge in [0.05, 0.1) is 17.6 Å². The van der Waals surface area contributed by atoms with Crippen LogP contribution in [0.3, 0.4) is 0 Å². The molecule has 0 spiro atoms. The fourth-order valence-corrected chi connectivity index (χ4v) is 9.12. The highest BCUT2D eigenvalue weighted by molar-refractivity contribution is 6.74. The number of nitrogens with one attached hydrogen (secondary N) is 1. The number of esters is 1. The molecular weight excluding hydrogens is 778 g/mol. The number of aliphatic carboxylic acids is 1. The lowest BCUT2D eigenvalue weighted by atomic mass is 9.83. The number of benzene rings is 4. The van der Waals surface area contributed by atoms with Crippen molar-refractivity contribution >= 4 is 54.8 Å². The number of piperidine rings is 2. The highest BCUT2D eigenvalue weighted by Crippen LogP contribution is 2.46. The van der Waals surface area contributed by atoms with Crippen molar-refractivity contribution in [2.45, 2.75) is 97.1 Å². The van der Waals surface area contributed by atoms with Crippen LogP contribution in [0.5, 0.6) is 0 Å². The quantitative estimate of drug-likeness (QED) is 0.114. The molecule has 0 bridgehead atoms. The van der Waals surface area contributed by atoms with E-state index in [-0.39, 0.29) is 34.9 Å². The zero-order valence-electron chi connectivity index (χ0n) is 35.8. The molecule has 1 amide bonds. The zero-order chi connectivity index (χ0) is 42.7. The number of hydrogen-bond donors (Lipinski definition) is 2. The third-order valence-electron chi connectivity index (χ3n) is 12.2. The summed E-state index contributed by atoms with van der Waals surface area (Å²) in [7, 11) is -2.33. The Morgan fingerprint density at radius 1 is 0.746 bits per heavy atom. The fourth-order valence-electron chi connectivity index (χ4n) is 7.69. The van der Waals surface area contributed by atoms with E-state index in [4.69, 9.17) is 20.8 Å². The van der Waals surface area contributed by atoms with Crippen LogP contribution in [0.4, 0.5) is 17.1 Å². The summed E-state index contributed by atoms with van der Waals surface area (Å²) in [5.74, 6) is -1.38. The number of rotatable bonds is 11. The first-order valence-electron chi connectivity index (χ1n) is 20.8. The molecule has 2 aliphatic heterocycles. The Balaban J connectivity index is 1.27. The van der Waals surface area contributed by atoms with Gasteiger partial charge in [-0.05, 0) is 160 Å². The van der Waals surface area contributed by atoms with E-state index in [0.29, 0.717) is 47.8 Å². The van der Waals surface area contributed by atoms with Gasteiger partial charge in [0.25, 0.3) is 5.91 Å². The number of ether oxygens (including phenoxy) is 1. The largest absolute Gasteiger partial charge is 0.481 e. The molecule has 1 atom stereocenters. The summed E-state index contributed by atoms with van der Waals surface area (Å²) in [6.45, 7) is 20.0. The molecule has 4 aromatic carbocycles. The smallest absolute Gasteiger partial charge is 0.338 e. The molecule has 11 heteroatoms. The average Bonchev–Trinajstić information content (AvgIpc) is 3.19. The van der Waals surface area contributed by atoms with E-state index in [1.54, 1.807) is 0 Å². The van der Waals surface area contributed by atoms with Crippen LogP contribution in [-0.2, 0) is 14.0 Å². The van der Waals surface area contributed by atoms with Crippen LogP contribution in [0.1, 0.15) is 99.6 Å². The normalized spacial score (nSPS) is 16.4. The Bertz CT molecular complexity index is 2090. The van der Waals surface area contributed by atoms with E-state index in [2.05, 4.69) is 49.0 Å². The van der Waals surface area contributed by atoms with Gasteiger partial charge in [0.15, 0.2) is 8.32 Å².